The van der Waals surface area contributed by atoms with E-state index < -0.39 is 7.59 Å². The Kier molecular flexibility index (Phi) is 3.10. The molecular weight excluding hydrogens is 233 g/mol. The summed E-state index contributed by atoms with van der Waals surface area (Å²) in [5, 5.41) is 0. The molecule has 3 heterocycles. The molecule has 3 fully saturated rings. The molecule has 0 amide bonds. The van der Waals surface area contributed by atoms with Crippen LogP contribution in [0.15, 0.2) is 0 Å². The Bertz CT molecular complexity index is 321. The highest BCUT2D eigenvalue weighted by Crippen LogP contribution is 2.66. The van der Waals surface area contributed by atoms with Crippen LogP contribution in [-0.4, -0.2) is 52.3 Å². The Morgan fingerprint density at radius 2 is 1.29 bits per heavy atom. The number of hydrogen-bond acceptors (Lipinski definition) is 1. The van der Waals surface area contributed by atoms with Crippen molar-refractivity contribution in [3.05, 3.63) is 0 Å². The van der Waals surface area contributed by atoms with Gasteiger partial charge in [-0.25, -0.2) is 14.0 Å². The van der Waals surface area contributed by atoms with Crippen molar-refractivity contribution in [3.8, 4) is 0 Å². The van der Waals surface area contributed by atoms with E-state index in [1.165, 1.54) is 25.7 Å². The zero-order valence-corrected chi connectivity index (χ0v) is 11.9. The molecule has 0 aromatic heterocycles. The molecule has 5 heteroatoms. The smallest absolute Gasteiger partial charge is 0.270 e. The maximum atomic E-state index is 13.4. The minimum atomic E-state index is -2.36. The minimum Gasteiger partial charge on any atom is -0.270 e. The zero-order chi connectivity index (χ0) is 12.0. The Labute approximate surface area is 104 Å². The summed E-state index contributed by atoms with van der Waals surface area (Å²) in [6, 6.07) is 1.05. The number of hydrogen-bond donors (Lipinski definition) is 0. The number of nitrogens with zero attached hydrogens (tertiary/aromatic N) is 3. The van der Waals surface area contributed by atoms with Crippen LogP contribution in [0.25, 0.3) is 0 Å². The molecule has 3 aliphatic rings. The maximum absolute atomic E-state index is 13.4. The van der Waals surface area contributed by atoms with Crippen LogP contribution >= 0.6 is 7.59 Å². The largest absolute Gasteiger partial charge is 0.287 e. The molecule has 3 saturated heterocycles. The van der Waals surface area contributed by atoms with Crippen molar-refractivity contribution in [2.45, 2.75) is 51.6 Å². The molecule has 17 heavy (non-hydrogen) atoms. The van der Waals surface area contributed by atoms with Gasteiger partial charge >= 0.3 is 0 Å². The van der Waals surface area contributed by atoms with Crippen LogP contribution in [-0.2, 0) is 4.57 Å². The molecule has 0 N–H and O–H groups in total. The van der Waals surface area contributed by atoms with Gasteiger partial charge in [0.15, 0.2) is 0 Å². The van der Waals surface area contributed by atoms with E-state index in [0.717, 1.165) is 26.2 Å². The van der Waals surface area contributed by atoms with Gasteiger partial charge in [-0.05, 0) is 26.7 Å². The summed E-state index contributed by atoms with van der Waals surface area (Å²) < 4.78 is 20.2. The maximum Gasteiger partial charge on any atom is 0.287 e. The van der Waals surface area contributed by atoms with Crippen LogP contribution < -0.4 is 0 Å². The van der Waals surface area contributed by atoms with Gasteiger partial charge < -0.3 is 0 Å². The van der Waals surface area contributed by atoms with Crippen molar-refractivity contribution in [2.75, 3.05) is 26.2 Å². The fourth-order valence-corrected chi connectivity index (χ4v) is 6.63. The normalized spacial score (nSPS) is 46.0. The van der Waals surface area contributed by atoms with Gasteiger partial charge in [-0.15, -0.1) is 0 Å². The van der Waals surface area contributed by atoms with Crippen molar-refractivity contribution in [1.29, 1.82) is 0 Å². The van der Waals surface area contributed by atoms with Gasteiger partial charge in [0.05, 0.1) is 0 Å². The quantitative estimate of drug-likeness (QED) is 0.573. The van der Waals surface area contributed by atoms with E-state index in [2.05, 4.69) is 27.9 Å². The summed E-state index contributed by atoms with van der Waals surface area (Å²) in [4.78, 5) is 0. The average Bonchev–Trinajstić information content (AvgIpc) is 3.14. The van der Waals surface area contributed by atoms with Gasteiger partial charge in [0.1, 0.15) is 0 Å². The molecule has 0 radical (unpaired) electrons. The molecule has 3 aliphatic heterocycles. The molecule has 4 unspecified atom stereocenters. The fourth-order valence-electron chi connectivity index (χ4n) is 2.96. The molecule has 0 bridgehead atoms. The topological polar surface area (TPSA) is 26.3 Å². The summed E-state index contributed by atoms with van der Waals surface area (Å²) in [5.74, 6) is 0. The first kappa shape index (κ1) is 12.2. The fraction of sp³-hybridized carbons (Fsp3) is 1.00. The van der Waals surface area contributed by atoms with Gasteiger partial charge in [-0.2, -0.15) is 0 Å². The predicted octanol–water partition coefficient (Wildman–Crippen LogP) is 2.38. The summed E-state index contributed by atoms with van der Waals surface area (Å²) in [6.07, 6.45) is 5.05. The predicted molar refractivity (Wildman–Crippen MR) is 70.0 cm³/mol. The number of rotatable bonds is 3. The molecule has 0 aromatic rings. The van der Waals surface area contributed by atoms with Crippen LogP contribution in [0.1, 0.15) is 39.5 Å². The second-order valence-electron chi connectivity index (χ2n) is 5.82. The molecule has 4 nitrogen and oxygen atoms in total. The summed E-state index contributed by atoms with van der Waals surface area (Å²) in [7, 11) is -2.36. The van der Waals surface area contributed by atoms with Crippen molar-refractivity contribution in [2.24, 2.45) is 0 Å². The molecule has 98 valence electrons. The SMILES string of the molecule is CC1CN1P(=O)(N1CCCCCC1)N1CC1C. The first-order valence-corrected chi connectivity index (χ1v) is 8.60. The highest BCUT2D eigenvalue weighted by atomic mass is 31.2. The highest BCUT2D eigenvalue weighted by Gasteiger charge is 2.57. The Morgan fingerprint density at radius 3 is 1.65 bits per heavy atom. The molecule has 0 spiro atoms. The summed E-state index contributed by atoms with van der Waals surface area (Å²) >= 11 is 0. The van der Waals surface area contributed by atoms with Crippen LogP contribution in [0.2, 0.25) is 0 Å². The van der Waals surface area contributed by atoms with Gasteiger partial charge in [-0.3, -0.25) is 4.57 Å². The standard InChI is InChI=1S/C12H24N3OP/c1-11-9-14(11)17(16,15-10-12(15)2)13-7-5-3-4-6-8-13/h11-12H,3-10H2,1-2H3. The third-order valence-electron chi connectivity index (χ3n) is 4.27. The van der Waals surface area contributed by atoms with Crippen molar-refractivity contribution < 1.29 is 4.57 Å². The van der Waals surface area contributed by atoms with Crippen LogP contribution in [0.3, 0.4) is 0 Å². The van der Waals surface area contributed by atoms with E-state index in [-0.39, 0.29) is 0 Å². The van der Waals surface area contributed by atoms with E-state index in [9.17, 15) is 4.57 Å². The second kappa shape index (κ2) is 4.34. The average molecular weight is 257 g/mol. The third-order valence-corrected chi connectivity index (χ3v) is 7.86. The Morgan fingerprint density at radius 1 is 0.882 bits per heavy atom. The minimum absolute atomic E-state index is 0.525. The van der Waals surface area contributed by atoms with E-state index in [4.69, 9.17) is 0 Å². The van der Waals surface area contributed by atoms with E-state index in [0.29, 0.717) is 12.1 Å². The van der Waals surface area contributed by atoms with E-state index in [1.807, 2.05) is 0 Å². The van der Waals surface area contributed by atoms with E-state index in [1.54, 1.807) is 0 Å². The van der Waals surface area contributed by atoms with Crippen LogP contribution in [0.5, 0.6) is 0 Å². The molecule has 0 aromatic carbocycles. The van der Waals surface area contributed by atoms with Crippen LogP contribution in [0, 0.1) is 0 Å². The lowest BCUT2D eigenvalue weighted by molar-refractivity contribution is 0.366. The van der Waals surface area contributed by atoms with Crippen LogP contribution in [0.4, 0.5) is 0 Å². The first-order valence-electron chi connectivity index (χ1n) is 7.04. The van der Waals surface area contributed by atoms with Crippen molar-refractivity contribution in [3.63, 3.8) is 0 Å². The molecule has 0 saturated carbocycles. The van der Waals surface area contributed by atoms with Gasteiger partial charge in [0, 0.05) is 38.3 Å². The molecule has 4 atom stereocenters. The highest BCUT2D eigenvalue weighted by molar-refractivity contribution is 7.57. The van der Waals surface area contributed by atoms with E-state index >= 15 is 0 Å². The summed E-state index contributed by atoms with van der Waals surface area (Å²) in [6.45, 7) is 8.50. The van der Waals surface area contributed by atoms with Crippen molar-refractivity contribution in [1.82, 2.24) is 14.0 Å². The van der Waals surface area contributed by atoms with Gasteiger partial charge in [0.2, 0.25) is 0 Å². The second-order valence-corrected chi connectivity index (χ2v) is 8.44. The zero-order valence-electron chi connectivity index (χ0n) is 11.0. The molecule has 0 aliphatic carbocycles. The Balaban J connectivity index is 1.80. The third kappa shape index (κ3) is 2.10. The first-order chi connectivity index (χ1) is 8.14. The lowest BCUT2D eigenvalue weighted by atomic mass is 10.2. The lowest BCUT2D eigenvalue weighted by Gasteiger charge is -2.32. The molecular formula is C12H24N3OP. The van der Waals surface area contributed by atoms with Gasteiger partial charge in [-0.1, -0.05) is 12.8 Å². The Hall–Kier alpha value is 0.110. The summed E-state index contributed by atoms with van der Waals surface area (Å²) in [5.41, 5.74) is 0. The monoisotopic (exact) mass is 257 g/mol. The lowest BCUT2D eigenvalue weighted by Crippen LogP contribution is -2.29. The molecule has 3 rings (SSSR count). The van der Waals surface area contributed by atoms with Gasteiger partial charge in [0.25, 0.3) is 7.59 Å². The van der Waals surface area contributed by atoms with Crippen molar-refractivity contribution >= 4 is 7.59 Å².